The molecule has 27 heavy (non-hydrogen) atoms. The van der Waals surface area contributed by atoms with E-state index in [1.807, 2.05) is 6.92 Å². The summed E-state index contributed by atoms with van der Waals surface area (Å²) >= 11 is 0. The first kappa shape index (κ1) is 16.5. The van der Waals surface area contributed by atoms with E-state index in [1.165, 1.54) is 6.08 Å². The number of aliphatic hydroxyl groups excluding tert-OH is 2. The molecule has 1 spiro atoms. The van der Waals surface area contributed by atoms with Gasteiger partial charge >= 0.3 is 11.9 Å². The van der Waals surface area contributed by atoms with Crippen molar-refractivity contribution >= 4 is 11.9 Å². The van der Waals surface area contributed by atoms with Gasteiger partial charge in [0.25, 0.3) is 0 Å². The first-order valence-electron chi connectivity index (χ1n) is 9.49. The molecule has 0 unspecified atom stereocenters. The number of fused-ring (bicyclic) bond motifs is 4. The average molecular weight is 378 g/mol. The highest BCUT2D eigenvalue weighted by Gasteiger charge is 2.88. The molecule has 8 nitrogen and oxygen atoms in total. The summed E-state index contributed by atoms with van der Waals surface area (Å²) in [6.45, 7) is 5.35. The topological polar surface area (TPSA) is 118 Å². The van der Waals surface area contributed by atoms with Crippen LogP contribution in [0.3, 0.4) is 0 Å². The molecule has 0 aromatic rings. The molecule has 0 aromatic carbocycles. The van der Waals surface area contributed by atoms with Crippen molar-refractivity contribution in [1.29, 1.82) is 0 Å². The number of rotatable bonds is 2. The van der Waals surface area contributed by atoms with E-state index in [0.717, 1.165) is 5.57 Å². The van der Waals surface area contributed by atoms with Crippen LogP contribution in [-0.4, -0.2) is 71.0 Å². The molecular formula is C19H22O8. The van der Waals surface area contributed by atoms with Gasteiger partial charge in [0.1, 0.15) is 29.8 Å². The minimum absolute atomic E-state index is 0.160. The van der Waals surface area contributed by atoms with E-state index in [0.29, 0.717) is 0 Å². The normalized spacial score (nSPS) is 60.0. The lowest BCUT2D eigenvalue weighted by Gasteiger charge is -2.53. The Balaban J connectivity index is 1.58. The highest BCUT2D eigenvalue weighted by atomic mass is 16.7. The number of epoxide rings is 2. The molecule has 3 saturated heterocycles. The first-order chi connectivity index (χ1) is 12.7. The Morgan fingerprint density at radius 3 is 2.59 bits per heavy atom. The summed E-state index contributed by atoms with van der Waals surface area (Å²) in [5, 5.41) is 20.5. The van der Waals surface area contributed by atoms with Crippen molar-refractivity contribution in [2.75, 3.05) is 6.61 Å². The molecule has 0 aromatic heterocycles. The fourth-order valence-corrected chi connectivity index (χ4v) is 6.75. The van der Waals surface area contributed by atoms with Crippen molar-refractivity contribution in [3.63, 3.8) is 0 Å². The Bertz CT molecular complexity index is 823. The zero-order valence-corrected chi connectivity index (χ0v) is 15.2. The van der Waals surface area contributed by atoms with Crippen LogP contribution in [0.4, 0.5) is 0 Å². The van der Waals surface area contributed by atoms with Gasteiger partial charge in [-0.1, -0.05) is 13.8 Å². The third kappa shape index (κ3) is 1.48. The molecule has 2 N–H and O–H groups in total. The van der Waals surface area contributed by atoms with Gasteiger partial charge in [-0.05, 0) is 12.5 Å². The maximum atomic E-state index is 12.8. The van der Waals surface area contributed by atoms with Crippen molar-refractivity contribution in [2.45, 2.75) is 63.0 Å². The first-order valence-corrected chi connectivity index (χ1v) is 9.49. The number of esters is 2. The molecule has 0 bridgehead atoms. The van der Waals surface area contributed by atoms with E-state index in [9.17, 15) is 19.8 Å². The maximum absolute atomic E-state index is 12.8. The smallest absolute Gasteiger partial charge is 0.331 e. The zero-order valence-electron chi connectivity index (χ0n) is 15.2. The number of carbonyl (C=O) groups is 2. The quantitative estimate of drug-likeness (QED) is 0.479. The molecule has 6 aliphatic rings. The number of cyclic esters (lactones) is 1. The van der Waals surface area contributed by atoms with E-state index in [2.05, 4.69) is 0 Å². The van der Waals surface area contributed by atoms with Crippen LogP contribution in [0.5, 0.6) is 0 Å². The third-order valence-corrected chi connectivity index (χ3v) is 8.07. The largest absolute Gasteiger partial charge is 0.459 e. The van der Waals surface area contributed by atoms with Crippen molar-refractivity contribution in [3.8, 4) is 0 Å². The molecule has 4 heterocycles. The third-order valence-electron chi connectivity index (χ3n) is 8.07. The van der Waals surface area contributed by atoms with Gasteiger partial charge in [-0.2, -0.15) is 0 Å². The Morgan fingerprint density at radius 1 is 1.15 bits per heavy atom. The van der Waals surface area contributed by atoms with Crippen LogP contribution < -0.4 is 0 Å². The molecule has 0 amide bonds. The van der Waals surface area contributed by atoms with Gasteiger partial charge in [0.2, 0.25) is 0 Å². The number of aliphatic hydroxyl groups is 2. The lowest BCUT2D eigenvalue weighted by atomic mass is 9.46. The minimum atomic E-state index is -1.12. The highest BCUT2D eigenvalue weighted by molar-refractivity contribution is 5.87. The summed E-state index contributed by atoms with van der Waals surface area (Å²) in [6.07, 6.45) is -1.93. The summed E-state index contributed by atoms with van der Waals surface area (Å²) in [6, 6.07) is 0. The second kappa shape index (κ2) is 4.40. The number of carbonyl (C=O) groups excluding carboxylic acids is 2. The van der Waals surface area contributed by atoms with Gasteiger partial charge in [0, 0.05) is 29.9 Å². The Kier molecular flexibility index (Phi) is 2.68. The predicted molar refractivity (Wildman–Crippen MR) is 86.1 cm³/mol. The maximum Gasteiger partial charge on any atom is 0.331 e. The molecule has 6 rings (SSSR count). The minimum Gasteiger partial charge on any atom is -0.459 e. The molecule has 11 atom stereocenters. The van der Waals surface area contributed by atoms with Crippen LogP contribution in [0.2, 0.25) is 0 Å². The number of hydrogen-bond donors (Lipinski definition) is 2. The van der Waals surface area contributed by atoms with Crippen LogP contribution in [0.15, 0.2) is 11.6 Å². The Labute approximate surface area is 155 Å². The molecule has 4 aliphatic heterocycles. The Hall–Kier alpha value is -1.48. The van der Waals surface area contributed by atoms with Gasteiger partial charge in [-0.25, -0.2) is 4.79 Å². The summed E-state index contributed by atoms with van der Waals surface area (Å²) in [5.41, 5.74) is -1.96. The van der Waals surface area contributed by atoms with E-state index >= 15 is 0 Å². The highest BCUT2D eigenvalue weighted by Crippen LogP contribution is 2.75. The van der Waals surface area contributed by atoms with Crippen LogP contribution in [0.1, 0.15) is 20.8 Å². The van der Waals surface area contributed by atoms with E-state index in [-0.39, 0.29) is 24.5 Å². The van der Waals surface area contributed by atoms with Crippen LogP contribution in [0.25, 0.3) is 0 Å². The van der Waals surface area contributed by atoms with Crippen molar-refractivity contribution in [2.24, 2.45) is 22.7 Å². The molecule has 2 aliphatic carbocycles. The van der Waals surface area contributed by atoms with E-state index in [4.69, 9.17) is 18.9 Å². The fraction of sp³-hybridized carbons (Fsp3) is 0.789. The van der Waals surface area contributed by atoms with Crippen LogP contribution in [-0.2, 0) is 28.5 Å². The van der Waals surface area contributed by atoms with Crippen molar-refractivity contribution in [3.05, 3.63) is 11.6 Å². The standard InChI is InChI=1S/C19H22O8/c1-6(5-20)13-19-7(4-8(21)24-13)17(2)11-9(15(19)27-19)26-16(23)18(11,3)12(22)10-14(17)25-10/h4,6,9-15,20,22H,5H2,1-3H3/t6-,9+,10-,11+,12+,13-,14-,15-,17-,18-,19-/m1/s1. The van der Waals surface area contributed by atoms with Gasteiger partial charge in [0.15, 0.2) is 5.60 Å². The van der Waals surface area contributed by atoms with E-state index < -0.39 is 58.9 Å². The molecular weight excluding hydrogens is 356 g/mol. The van der Waals surface area contributed by atoms with Gasteiger partial charge in [-0.3, -0.25) is 4.79 Å². The average Bonchev–Trinajstić information content (AvgIpc) is 3.53. The second-order valence-corrected chi connectivity index (χ2v) is 9.29. The SMILES string of the molecule is C[C@H](CO)[C@H]1OC(=O)C=C2[C@]3(C)[C@@H]4[C@H](OC(=O)[C@@]4(C)[C@@H](O)[C@H]4O[C@H]43)[C@H]3O[C@@]231. The number of ether oxygens (including phenoxy) is 4. The monoisotopic (exact) mass is 378 g/mol. The summed E-state index contributed by atoms with van der Waals surface area (Å²) in [5.74, 6) is -1.63. The summed E-state index contributed by atoms with van der Waals surface area (Å²) in [4.78, 5) is 25.3. The lowest BCUT2D eigenvalue weighted by Crippen LogP contribution is -2.65. The lowest BCUT2D eigenvalue weighted by molar-refractivity contribution is -0.156. The van der Waals surface area contributed by atoms with Gasteiger partial charge in [-0.15, -0.1) is 0 Å². The molecule has 2 saturated carbocycles. The van der Waals surface area contributed by atoms with Crippen LogP contribution >= 0.6 is 0 Å². The zero-order chi connectivity index (χ0) is 19.1. The summed E-state index contributed by atoms with van der Waals surface area (Å²) < 4.78 is 23.3. The predicted octanol–water partition coefficient (Wildman–Crippen LogP) is -0.686. The Morgan fingerprint density at radius 2 is 1.89 bits per heavy atom. The summed E-state index contributed by atoms with van der Waals surface area (Å²) in [7, 11) is 0. The molecule has 8 heteroatoms. The van der Waals surface area contributed by atoms with Gasteiger partial charge in [0.05, 0.1) is 12.2 Å². The van der Waals surface area contributed by atoms with E-state index in [1.54, 1.807) is 13.8 Å². The molecule has 146 valence electrons. The van der Waals surface area contributed by atoms with Crippen LogP contribution in [0, 0.1) is 22.7 Å². The van der Waals surface area contributed by atoms with Gasteiger partial charge < -0.3 is 29.2 Å². The van der Waals surface area contributed by atoms with Crippen molar-refractivity contribution in [1.82, 2.24) is 0 Å². The van der Waals surface area contributed by atoms with Crippen molar-refractivity contribution < 1.29 is 38.7 Å². The second-order valence-electron chi connectivity index (χ2n) is 9.29. The molecule has 0 radical (unpaired) electrons. The number of hydrogen-bond acceptors (Lipinski definition) is 8. The molecule has 5 fully saturated rings. The fourth-order valence-electron chi connectivity index (χ4n) is 6.75.